The smallest absolute Gasteiger partial charge is 0.242 e. The van der Waals surface area contributed by atoms with Gasteiger partial charge in [-0.25, -0.2) is 18.1 Å². The molecule has 1 amide bonds. The zero-order valence-electron chi connectivity index (χ0n) is 18.8. The third-order valence-corrected chi connectivity index (χ3v) is 7.74. The minimum Gasteiger partial charge on any atom is -0.372 e. The number of amides is 1. The number of hydrogen-bond donors (Lipinski definition) is 2. The van der Waals surface area contributed by atoms with Crippen molar-refractivity contribution in [2.75, 3.05) is 31.6 Å². The van der Waals surface area contributed by atoms with Gasteiger partial charge >= 0.3 is 0 Å². The van der Waals surface area contributed by atoms with E-state index in [1.54, 1.807) is 6.20 Å². The zero-order chi connectivity index (χ0) is 22.8. The van der Waals surface area contributed by atoms with Crippen LogP contribution in [0, 0.1) is 0 Å². The molecule has 0 bridgehead atoms. The molecule has 10 heteroatoms. The minimum absolute atomic E-state index is 0.250. The number of aromatic nitrogens is 2. The summed E-state index contributed by atoms with van der Waals surface area (Å²) in [4.78, 5) is 18.2. The Morgan fingerprint density at radius 3 is 2.61 bits per heavy atom. The first-order chi connectivity index (χ1) is 14.6. The van der Waals surface area contributed by atoms with E-state index in [2.05, 4.69) is 46.1 Å². The van der Waals surface area contributed by atoms with Crippen LogP contribution < -0.4 is 15.4 Å². The number of fused-ring (bicyclic) bond motifs is 1. The van der Waals surface area contributed by atoms with Crippen LogP contribution in [-0.4, -0.2) is 67.4 Å². The van der Waals surface area contributed by atoms with Gasteiger partial charge in [0.2, 0.25) is 16.4 Å². The van der Waals surface area contributed by atoms with Crippen LogP contribution in [0.25, 0.3) is 5.65 Å². The summed E-state index contributed by atoms with van der Waals surface area (Å²) >= 11 is 0. The summed E-state index contributed by atoms with van der Waals surface area (Å²) in [6, 6.07) is 2.21. The van der Waals surface area contributed by atoms with Gasteiger partial charge in [-0.3, -0.25) is 4.79 Å². The summed E-state index contributed by atoms with van der Waals surface area (Å²) < 4.78 is 31.1. The van der Waals surface area contributed by atoms with Crippen molar-refractivity contribution in [2.45, 2.75) is 62.9 Å². The van der Waals surface area contributed by atoms with Crippen LogP contribution in [0.2, 0.25) is 0 Å². The van der Waals surface area contributed by atoms with Crippen LogP contribution in [0.4, 0.5) is 5.69 Å². The highest BCUT2D eigenvalue weighted by Gasteiger charge is 2.41. The molecule has 2 aromatic rings. The van der Waals surface area contributed by atoms with Crippen molar-refractivity contribution in [2.24, 2.45) is 5.73 Å². The maximum atomic E-state index is 13.1. The molecule has 1 unspecified atom stereocenters. The molecule has 2 fully saturated rings. The molecular formula is C21H34N6O3S. The fraction of sp³-hybridized carbons (Fsp3) is 0.619. The summed E-state index contributed by atoms with van der Waals surface area (Å²) in [6.45, 7) is 8.96. The predicted octanol–water partition coefficient (Wildman–Crippen LogP) is 1.36. The molecular weight excluding hydrogens is 416 g/mol. The Bertz CT molecular complexity index is 1030. The summed E-state index contributed by atoms with van der Waals surface area (Å²) in [5.74, 6) is 0. The van der Waals surface area contributed by atoms with E-state index in [4.69, 9.17) is 4.79 Å². The highest BCUT2D eigenvalue weighted by Crippen LogP contribution is 2.36. The van der Waals surface area contributed by atoms with Gasteiger partial charge in [0.15, 0.2) is 5.65 Å². The van der Waals surface area contributed by atoms with E-state index in [0.29, 0.717) is 10.9 Å². The van der Waals surface area contributed by atoms with Gasteiger partial charge in [0.05, 0.1) is 5.69 Å². The quantitative estimate of drug-likeness (QED) is 0.643. The maximum absolute atomic E-state index is 13.1. The number of carbonyl (C=O) groups excluding carboxylic acids is 1. The first-order valence-electron chi connectivity index (χ1n) is 10.8. The number of hydrogen-bond acceptors (Lipinski definition) is 6. The van der Waals surface area contributed by atoms with E-state index in [-0.39, 0.29) is 11.9 Å². The first-order valence-corrected chi connectivity index (χ1v) is 12.3. The Kier molecular flexibility index (Phi) is 6.92. The molecule has 31 heavy (non-hydrogen) atoms. The number of anilines is 1. The largest absolute Gasteiger partial charge is 0.372 e. The number of nitrogens with one attached hydrogen (secondary N) is 1. The molecule has 0 aromatic carbocycles. The Hall–Kier alpha value is -2.17. The molecule has 1 aliphatic carbocycles. The number of piperazine rings is 1. The van der Waals surface area contributed by atoms with E-state index >= 15 is 0 Å². The van der Waals surface area contributed by atoms with Crippen molar-refractivity contribution < 1.29 is 13.2 Å². The third kappa shape index (κ3) is 5.19. The van der Waals surface area contributed by atoms with Crippen LogP contribution in [0.1, 0.15) is 45.7 Å². The molecule has 1 aliphatic heterocycles. The van der Waals surface area contributed by atoms with Gasteiger partial charge in [-0.15, -0.1) is 0 Å². The lowest BCUT2D eigenvalue weighted by Gasteiger charge is -2.39. The number of pyridine rings is 1. The minimum atomic E-state index is -3.58. The number of aryl methyl sites for hydroxylation is 1. The average Bonchev–Trinajstić information content (AvgIpc) is 3.28. The third-order valence-electron chi connectivity index (χ3n) is 6.14. The van der Waals surface area contributed by atoms with E-state index < -0.39 is 10.0 Å². The fourth-order valence-electron chi connectivity index (χ4n) is 3.85. The molecule has 1 saturated heterocycles. The number of likely N-dealkylation sites (N-methyl/N-ethyl adjacent to an activating group) is 1. The van der Waals surface area contributed by atoms with E-state index in [9.17, 15) is 8.42 Å². The van der Waals surface area contributed by atoms with Crippen molar-refractivity contribution >= 4 is 27.8 Å². The summed E-state index contributed by atoms with van der Waals surface area (Å²) in [7, 11) is -1.45. The van der Waals surface area contributed by atoms with Gasteiger partial charge in [-0.05, 0) is 46.2 Å². The van der Waals surface area contributed by atoms with Gasteiger partial charge in [-0.2, -0.15) is 0 Å². The highest BCUT2D eigenvalue weighted by molar-refractivity contribution is 7.89. The number of nitrogens with two attached hydrogens (primary N) is 1. The first kappa shape index (κ1) is 23.5. The molecule has 3 heterocycles. The van der Waals surface area contributed by atoms with E-state index in [1.165, 1.54) is 0 Å². The van der Waals surface area contributed by atoms with Crippen molar-refractivity contribution in [1.82, 2.24) is 19.0 Å². The topological polar surface area (TPSA) is 113 Å². The number of nitrogens with zero attached hydrogens (tertiary/aromatic N) is 4. The number of primary amides is 1. The summed E-state index contributed by atoms with van der Waals surface area (Å²) in [5.41, 5.74) is 6.68. The Balaban J connectivity index is 0.000000858. The Morgan fingerprint density at radius 1 is 1.35 bits per heavy atom. The summed E-state index contributed by atoms with van der Waals surface area (Å²) in [6.07, 6.45) is 7.52. The van der Waals surface area contributed by atoms with Crippen LogP contribution in [-0.2, 0) is 21.2 Å². The van der Waals surface area contributed by atoms with Crippen molar-refractivity contribution in [1.29, 1.82) is 0 Å². The molecule has 0 radical (unpaired) electrons. The molecule has 3 N–H and O–H groups in total. The van der Waals surface area contributed by atoms with Gasteiger partial charge in [0.25, 0.3) is 0 Å². The van der Waals surface area contributed by atoms with Gasteiger partial charge < -0.3 is 19.9 Å². The van der Waals surface area contributed by atoms with Gasteiger partial charge in [0.1, 0.15) is 4.90 Å². The van der Waals surface area contributed by atoms with Gasteiger partial charge in [-0.1, -0.05) is 13.3 Å². The van der Waals surface area contributed by atoms with Gasteiger partial charge in [0, 0.05) is 49.3 Å². The van der Waals surface area contributed by atoms with E-state index in [1.807, 2.05) is 23.6 Å². The monoisotopic (exact) mass is 450 g/mol. The molecule has 1 saturated carbocycles. The van der Waals surface area contributed by atoms with Crippen molar-refractivity contribution in [3.8, 4) is 0 Å². The molecule has 0 spiro atoms. The second-order valence-electron chi connectivity index (χ2n) is 8.83. The Labute approximate surface area is 184 Å². The van der Waals surface area contributed by atoms with Crippen LogP contribution >= 0.6 is 0 Å². The molecule has 2 aromatic heterocycles. The zero-order valence-corrected chi connectivity index (χ0v) is 19.7. The molecule has 1 atom stereocenters. The van der Waals surface area contributed by atoms with Crippen molar-refractivity contribution in [3.05, 3.63) is 24.2 Å². The lowest BCUT2D eigenvalue weighted by Crippen LogP contribution is -2.50. The second-order valence-corrected chi connectivity index (χ2v) is 10.5. The molecule has 172 valence electrons. The number of imidazole rings is 1. The summed E-state index contributed by atoms with van der Waals surface area (Å²) in [5, 5.41) is 0. The molecule has 9 nitrogen and oxygen atoms in total. The van der Waals surface area contributed by atoms with Crippen LogP contribution in [0.3, 0.4) is 0 Å². The number of carbonyl (C=O) groups is 1. The number of rotatable bonds is 6. The second kappa shape index (κ2) is 9.13. The Morgan fingerprint density at radius 2 is 2.03 bits per heavy atom. The van der Waals surface area contributed by atoms with Crippen molar-refractivity contribution in [3.63, 3.8) is 0 Å². The SMILES string of the molecule is CCCc1cnc2c(N3CCN(C)C(C)C3)cc(S(=O)(=O)NC3(C)CC3)cn12.NC=O. The molecule has 2 aliphatic rings. The van der Waals surface area contributed by atoms with Crippen LogP contribution in [0.5, 0.6) is 0 Å². The molecule has 4 rings (SSSR count). The highest BCUT2D eigenvalue weighted by atomic mass is 32.2. The average molecular weight is 451 g/mol. The fourth-order valence-corrected chi connectivity index (χ4v) is 5.34. The lowest BCUT2D eigenvalue weighted by molar-refractivity contribution is -0.106. The standard InChI is InChI=1S/C20H31N5O2S.CH3NO/c1-5-6-16-12-21-19-18(24-10-9-23(4)15(2)13-24)11-17(14-25(16)19)28(26,27)22-20(3)7-8-20;2-1-3/h11-12,14-15,22H,5-10,13H2,1-4H3;1H,(H2,2,3). The van der Waals surface area contributed by atoms with Crippen LogP contribution in [0.15, 0.2) is 23.4 Å². The van der Waals surface area contributed by atoms with E-state index in [0.717, 1.165) is 62.3 Å². The normalized spacial score (nSPS) is 20.9. The lowest BCUT2D eigenvalue weighted by atomic mass is 10.2. The maximum Gasteiger partial charge on any atom is 0.242 e. The predicted molar refractivity (Wildman–Crippen MR) is 122 cm³/mol. The number of sulfonamides is 1.